The van der Waals surface area contributed by atoms with Gasteiger partial charge in [-0.15, -0.1) is 0 Å². The number of hydrogen-bond acceptors (Lipinski definition) is 4. The van der Waals surface area contributed by atoms with E-state index < -0.39 is 11.9 Å². The third-order valence-corrected chi connectivity index (χ3v) is 4.47. The number of primary amides is 1. The minimum Gasteiger partial charge on any atom is -0.495 e. The highest BCUT2D eigenvalue weighted by Crippen LogP contribution is 2.28. The summed E-state index contributed by atoms with van der Waals surface area (Å²) in [5.41, 5.74) is 8.72. The van der Waals surface area contributed by atoms with Crippen molar-refractivity contribution in [1.29, 1.82) is 0 Å². The molecule has 1 unspecified atom stereocenters. The zero-order chi connectivity index (χ0) is 20.8. The van der Waals surface area contributed by atoms with Crippen molar-refractivity contribution >= 4 is 23.2 Å². The van der Waals surface area contributed by atoms with Crippen molar-refractivity contribution in [2.75, 3.05) is 17.7 Å². The Hall–Kier alpha value is -3.80. The van der Waals surface area contributed by atoms with Gasteiger partial charge in [0, 0.05) is 11.3 Å². The molecule has 4 N–H and O–H groups in total. The van der Waals surface area contributed by atoms with Crippen molar-refractivity contribution in [3.05, 3.63) is 89.5 Å². The van der Waals surface area contributed by atoms with Crippen molar-refractivity contribution in [3.8, 4) is 5.75 Å². The molecule has 3 aromatic rings. The second kappa shape index (κ2) is 8.93. The minimum atomic E-state index is -0.690. The highest BCUT2D eigenvalue weighted by atomic mass is 16.5. The predicted molar refractivity (Wildman–Crippen MR) is 114 cm³/mol. The summed E-state index contributed by atoms with van der Waals surface area (Å²) in [5.74, 6) is -0.213. The van der Waals surface area contributed by atoms with Crippen LogP contribution < -0.4 is 21.1 Å². The van der Waals surface area contributed by atoms with Crippen LogP contribution in [0.2, 0.25) is 0 Å². The summed E-state index contributed by atoms with van der Waals surface area (Å²) in [4.78, 5) is 24.7. The van der Waals surface area contributed by atoms with Crippen molar-refractivity contribution in [2.45, 2.75) is 13.0 Å². The van der Waals surface area contributed by atoms with E-state index in [1.807, 2.05) is 55.5 Å². The summed E-state index contributed by atoms with van der Waals surface area (Å²) in [5, 5.41) is 6.14. The number of amides is 2. The normalized spacial score (nSPS) is 11.4. The Morgan fingerprint density at radius 3 is 2.41 bits per heavy atom. The first-order valence-corrected chi connectivity index (χ1v) is 9.15. The van der Waals surface area contributed by atoms with Crippen LogP contribution in [0.1, 0.15) is 27.5 Å². The molecule has 0 saturated heterocycles. The fourth-order valence-corrected chi connectivity index (χ4v) is 3.00. The molecular weight excluding hydrogens is 366 g/mol. The van der Waals surface area contributed by atoms with Gasteiger partial charge >= 0.3 is 0 Å². The molecule has 29 heavy (non-hydrogen) atoms. The number of anilines is 2. The van der Waals surface area contributed by atoms with E-state index in [1.54, 1.807) is 31.4 Å². The average Bonchev–Trinajstić information content (AvgIpc) is 2.73. The molecule has 1 atom stereocenters. The number of hydrogen-bond donors (Lipinski definition) is 3. The first-order valence-electron chi connectivity index (χ1n) is 9.15. The SMILES string of the molecule is COc1ccc(C)cc1NC(=O)C(Nc1cccc(C(N)=O)c1)c1ccccc1. The quantitative estimate of drug-likeness (QED) is 0.571. The molecule has 0 aliphatic heterocycles. The molecule has 2 amide bonds. The van der Waals surface area contributed by atoms with E-state index in [2.05, 4.69) is 10.6 Å². The van der Waals surface area contributed by atoms with Gasteiger partial charge in [0.05, 0.1) is 12.8 Å². The lowest BCUT2D eigenvalue weighted by atomic mass is 10.0. The highest BCUT2D eigenvalue weighted by Gasteiger charge is 2.22. The fraction of sp³-hybridized carbons (Fsp3) is 0.130. The number of aryl methyl sites for hydroxylation is 1. The Morgan fingerprint density at radius 1 is 0.966 bits per heavy atom. The van der Waals surface area contributed by atoms with Gasteiger partial charge in [-0.3, -0.25) is 9.59 Å². The molecule has 0 aliphatic rings. The third-order valence-electron chi connectivity index (χ3n) is 4.47. The Kier molecular flexibility index (Phi) is 6.14. The summed E-state index contributed by atoms with van der Waals surface area (Å²) >= 11 is 0. The van der Waals surface area contributed by atoms with E-state index in [-0.39, 0.29) is 5.91 Å². The van der Waals surface area contributed by atoms with Crippen molar-refractivity contribution < 1.29 is 14.3 Å². The number of nitrogens with two attached hydrogens (primary N) is 1. The smallest absolute Gasteiger partial charge is 0.251 e. The summed E-state index contributed by atoms with van der Waals surface area (Å²) in [6.07, 6.45) is 0. The van der Waals surface area contributed by atoms with Crippen molar-refractivity contribution in [1.82, 2.24) is 0 Å². The zero-order valence-corrected chi connectivity index (χ0v) is 16.3. The lowest BCUT2D eigenvalue weighted by molar-refractivity contribution is -0.117. The number of methoxy groups -OCH3 is 1. The molecule has 6 heteroatoms. The van der Waals surface area contributed by atoms with Gasteiger partial charge in [0.1, 0.15) is 11.8 Å². The Labute approximate surface area is 169 Å². The summed E-state index contributed by atoms with van der Waals surface area (Å²) < 4.78 is 5.36. The topological polar surface area (TPSA) is 93.4 Å². The van der Waals surface area contributed by atoms with Gasteiger partial charge in [-0.25, -0.2) is 0 Å². The lowest BCUT2D eigenvalue weighted by Crippen LogP contribution is -2.27. The molecule has 3 rings (SSSR count). The molecule has 0 saturated carbocycles. The van der Waals surface area contributed by atoms with Gasteiger partial charge in [0.2, 0.25) is 5.91 Å². The molecule has 6 nitrogen and oxygen atoms in total. The molecule has 0 heterocycles. The standard InChI is InChI=1S/C23H23N3O3/c1-15-11-12-20(29-2)19(13-15)26-23(28)21(16-7-4-3-5-8-16)25-18-10-6-9-17(14-18)22(24)27/h3-14,21,25H,1-2H3,(H2,24,27)(H,26,28). The summed E-state index contributed by atoms with van der Waals surface area (Å²) in [6, 6.07) is 21.0. The van der Waals surface area contributed by atoms with Crippen LogP contribution in [0.15, 0.2) is 72.8 Å². The Bertz CT molecular complexity index is 1020. The number of carbonyl (C=O) groups excluding carboxylic acids is 2. The van der Waals surface area contributed by atoms with Crippen LogP contribution in [0.25, 0.3) is 0 Å². The maximum Gasteiger partial charge on any atom is 0.251 e. The maximum absolute atomic E-state index is 13.2. The monoisotopic (exact) mass is 389 g/mol. The van der Waals surface area contributed by atoms with Gasteiger partial charge in [0.15, 0.2) is 0 Å². The summed E-state index contributed by atoms with van der Waals surface area (Å²) in [7, 11) is 1.56. The van der Waals surface area contributed by atoms with E-state index in [9.17, 15) is 9.59 Å². The van der Waals surface area contributed by atoms with Crippen LogP contribution in [0.3, 0.4) is 0 Å². The first-order chi connectivity index (χ1) is 14.0. The fourth-order valence-electron chi connectivity index (χ4n) is 3.00. The van der Waals surface area contributed by atoms with Crippen LogP contribution in [0.5, 0.6) is 5.75 Å². The largest absolute Gasteiger partial charge is 0.495 e. The molecule has 148 valence electrons. The Morgan fingerprint density at radius 2 is 1.72 bits per heavy atom. The number of benzene rings is 3. The van der Waals surface area contributed by atoms with Gasteiger partial charge in [-0.2, -0.15) is 0 Å². The lowest BCUT2D eigenvalue weighted by Gasteiger charge is -2.21. The van der Waals surface area contributed by atoms with Crippen LogP contribution in [-0.4, -0.2) is 18.9 Å². The van der Waals surface area contributed by atoms with Crippen LogP contribution in [0, 0.1) is 6.92 Å². The first kappa shape index (κ1) is 19.9. The van der Waals surface area contributed by atoms with Gasteiger partial charge < -0.3 is 21.1 Å². The second-order valence-electron chi connectivity index (χ2n) is 6.63. The van der Waals surface area contributed by atoms with Gasteiger partial charge in [-0.05, 0) is 48.4 Å². The van der Waals surface area contributed by atoms with E-state index in [0.29, 0.717) is 22.7 Å². The van der Waals surface area contributed by atoms with Crippen molar-refractivity contribution in [3.63, 3.8) is 0 Å². The van der Waals surface area contributed by atoms with Crippen LogP contribution in [0.4, 0.5) is 11.4 Å². The molecule has 0 bridgehead atoms. The molecule has 0 aromatic heterocycles. The number of rotatable bonds is 7. The molecule has 3 aromatic carbocycles. The molecule has 0 spiro atoms. The van der Waals surface area contributed by atoms with E-state index in [1.165, 1.54) is 0 Å². The van der Waals surface area contributed by atoms with Gasteiger partial charge in [-0.1, -0.05) is 42.5 Å². The third kappa shape index (κ3) is 4.93. The average molecular weight is 389 g/mol. The van der Waals surface area contributed by atoms with Crippen LogP contribution in [-0.2, 0) is 4.79 Å². The highest BCUT2D eigenvalue weighted by molar-refractivity contribution is 5.99. The molecule has 0 aliphatic carbocycles. The van der Waals surface area contributed by atoms with E-state index in [0.717, 1.165) is 11.1 Å². The second-order valence-corrected chi connectivity index (χ2v) is 6.63. The zero-order valence-electron chi connectivity index (χ0n) is 16.3. The minimum absolute atomic E-state index is 0.260. The number of ether oxygens (including phenoxy) is 1. The summed E-state index contributed by atoms with van der Waals surface area (Å²) in [6.45, 7) is 1.94. The van der Waals surface area contributed by atoms with Crippen LogP contribution >= 0.6 is 0 Å². The molecular formula is C23H23N3O3. The Balaban J connectivity index is 1.92. The van der Waals surface area contributed by atoms with Gasteiger partial charge in [0.25, 0.3) is 5.91 Å². The van der Waals surface area contributed by atoms with E-state index in [4.69, 9.17) is 10.5 Å². The predicted octanol–water partition coefficient (Wildman–Crippen LogP) is 3.89. The number of nitrogens with one attached hydrogen (secondary N) is 2. The van der Waals surface area contributed by atoms with Crippen molar-refractivity contribution in [2.24, 2.45) is 5.73 Å². The molecule has 0 fully saturated rings. The number of carbonyl (C=O) groups is 2. The van der Waals surface area contributed by atoms with E-state index >= 15 is 0 Å². The molecule has 0 radical (unpaired) electrons. The maximum atomic E-state index is 13.2.